The van der Waals surface area contributed by atoms with Gasteiger partial charge in [0.25, 0.3) is 17.5 Å². The molecule has 0 fully saturated rings. The first-order valence-corrected chi connectivity index (χ1v) is 12.3. The Morgan fingerprint density at radius 3 is 2.31 bits per heavy atom. The van der Waals surface area contributed by atoms with Crippen LogP contribution in [0.25, 0.3) is 0 Å². The molecular weight excluding hydrogens is 478 g/mol. The number of hydrogen-bond donors (Lipinski definition) is 2. The lowest BCUT2D eigenvalue weighted by Crippen LogP contribution is -2.47. The van der Waals surface area contributed by atoms with E-state index in [1.165, 1.54) is 42.2 Å². The van der Waals surface area contributed by atoms with E-state index in [1.54, 1.807) is 0 Å². The molecule has 3 aromatic rings. The number of nitrogens with one attached hydrogen (secondary N) is 2. The number of nitro benzene ring substituents is 1. The number of amides is 2. The quantitative estimate of drug-likeness (QED) is 0.232. The Kier molecular flexibility index (Phi) is 9.58. The maximum atomic E-state index is 12.9. The fourth-order valence-electron chi connectivity index (χ4n) is 3.13. The van der Waals surface area contributed by atoms with Crippen LogP contribution in [-0.2, 0) is 10.5 Å². The van der Waals surface area contributed by atoms with Crippen LogP contribution in [0.2, 0.25) is 0 Å². The number of benzene rings is 3. The minimum absolute atomic E-state index is 0.118. The van der Waals surface area contributed by atoms with Crippen LogP contribution in [0.1, 0.15) is 21.5 Å². The number of hydrogen-bond acceptors (Lipinski definition) is 7. The molecule has 0 heterocycles. The molecule has 9 nitrogen and oxygen atoms in total. The summed E-state index contributed by atoms with van der Waals surface area (Å²) in [6.07, 6.45) is 1.53. The minimum Gasteiger partial charge on any atom is -0.378 e. The summed E-state index contributed by atoms with van der Waals surface area (Å²) in [6.45, 7) is 0. The van der Waals surface area contributed by atoms with Gasteiger partial charge in [0.2, 0.25) is 0 Å². The molecule has 0 saturated heterocycles. The summed E-state index contributed by atoms with van der Waals surface area (Å²) < 4.78 is 0. The minimum atomic E-state index is -0.866. The Labute approximate surface area is 213 Å². The maximum absolute atomic E-state index is 12.9. The number of hydrazone groups is 1. The molecule has 3 rings (SSSR count). The standard InChI is InChI=1S/C26H27N5O4S/c1-30(2)22-12-8-19(9-13-22)16-27-29-26(33)24(18-36-17-20-6-4-3-5-7-20)28-25(32)21-10-14-23(15-11-21)31(34)35/h3-16,24H,17-18H2,1-2H3,(H,28,32)(H,29,33)/t24-/m1/s1. The van der Waals surface area contributed by atoms with E-state index in [-0.39, 0.29) is 11.3 Å². The number of nitrogens with zero attached hydrogens (tertiary/aromatic N) is 3. The molecule has 0 aliphatic rings. The first kappa shape index (κ1) is 26.4. The number of thioether (sulfide) groups is 1. The van der Waals surface area contributed by atoms with Gasteiger partial charge in [0.05, 0.1) is 11.1 Å². The fraction of sp³-hybridized carbons (Fsp3) is 0.192. The zero-order valence-electron chi connectivity index (χ0n) is 20.0. The van der Waals surface area contributed by atoms with Crippen molar-refractivity contribution in [1.82, 2.24) is 10.7 Å². The van der Waals surface area contributed by atoms with E-state index in [4.69, 9.17) is 0 Å². The summed E-state index contributed by atoms with van der Waals surface area (Å²) in [5.41, 5.74) is 5.55. The summed E-state index contributed by atoms with van der Waals surface area (Å²) in [4.78, 5) is 37.9. The van der Waals surface area contributed by atoms with Gasteiger partial charge in [-0.25, -0.2) is 5.43 Å². The molecule has 36 heavy (non-hydrogen) atoms. The number of carbonyl (C=O) groups excluding carboxylic acids is 2. The van der Waals surface area contributed by atoms with Crippen molar-refractivity contribution in [3.63, 3.8) is 0 Å². The molecular formula is C26H27N5O4S. The lowest BCUT2D eigenvalue weighted by molar-refractivity contribution is -0.384. The Hall–Kier alpha value is -4.18. The monoisotopic (exact) mass is 505 g/mol. The van der Waals surface area contributed by atoms with Crippen molar-refractivity contribution in [2.75, 3.05) is 24.7 Å². The second-order valence-electron chi connectivity index (χ2n) is 8.05. The Balaban J connectivity index is 1.65. The highest BCUT2D eigenvalue weighted by molar-refractivity contribution is 7.98. The molecule has 2 amide bonds. The van der Waals surface area contributed by atoms with E-state index in [1.807, 2.05) is 73.6 Å². The Bertz CT molecular complexity index is 1200. The normalized spacial score (nSPS) is 11.6. The van der Waals surface area contributed by atoms with Crippen molar-refractivity contribution in [2.24, 2.45) is 5.10 Å². The number of rotatable bonds is 11. The molecule has 0 saturated carbocycles. The van der Waals surface area contributed by atoms with E-state index >= 15 is 0 Å². The molecule has 0 unspecified atom stereocenters. The molecule has 0 radical (unpaired) electrons. The number of non-ortho nitro benzene ring substituents is 1. The summed E-state index contributed by atoms with van der Waals surface area (Å²) in [6, 6.07) is 21.8. The van der Waals surface area contributed by atoms with Gasteiger partial charge in [-0.3, -0.25) is 19.7 Å². The van der Waals surface area contributed by atoms with Crippen molar-refractivity contribution in [2.45, 2.75) is 11.8 Å². The molecule has 186 valence electrons. The fourth-order valence-corrected chi connectivity index (χ4v) is 4.15. The van der Waals surface area contributed by atoms with Crippen LogP contribution in [0.5, 0.6) is 0 Å². The zero-order chi connectivity index (χ0) is 25.9. The van der Waals surface area contributed by atoms with Crippen molar-refractivity contribution < 1.29 is 14.5 Å². The molecule has 3 aromatic carbocycles. The highest BCUT2D eigenvalue weighted by Crippen LogP contribution is 2.15. The van der Waals surface area contributed by atoms with Gasteiger partial charge in [-0.05, 0) is 35.4 Å². The van der Waals surface area contributed by atoms with E-state index in [2.05, 4.69) is 15.8 Å². The van der Waals surface area contributed by atoms with Crippen molar-refractivity contribution in [3.8, 4) is 0 Å². The Morgan fingerprint density at radius 2 is 1.69 bits per heavy atom. The summed E-state index contributed by atoms with van der Waals surface area (Å²) in [5, 5.41) is 17.6. The highest BCUT2D eigenvalue weighted by atomic mass is 32.2. The van der Waals surface area contributed by atoms with Crippen LogP contribution in [0.15, 0.2) is 84.0 Å². The third-order valence-corrected chi connectivity index (χ3v) is 6.26. The molecule has 0 aromatic heterocycles. The molecule has 0 aliphatic heterocycles. The molecule has 2 N–H and O–H groups in total. The molecule has 0 bridgehead atoms. The third-order valence-electron chi connectivity index (χ3n) is 5.16. The first-order chi connectivity index (χ1) is 17.3. The lowest BCUT2D eigenvalue weighted by Gasteiger charge is -2.17. The predicted octanol–water partition coefficient (Wildman–Crippen LogP) is 3.84. The average Bonchev–Trinajstić information content (AvgIpc) is 2.89. The number of anilines is 1. The number of carbonyl (C=O) groups is 2. The first-order valence-electron chi connectivity index (χ1n) is 11.1. The second kappa shape index (κ2) is 13.1. The lowest BCUT2D eigenvalue weighted by atomic mass is 10.2. The molecule has 0 aliphatic carbocycles. The van der Waals surface area contributed by atoms with Crippen molar-refractivity contribution >= 4 is 41.2 Å². The van der Waals surface area contributed by atoms with Crippen LogP contribution >= 0.6 is 11.8 Å². The smallest absolute Gasteiger partial charge is 0.269 e. The van der Waals surface area contributed by atoms with Gasteiger partial charge in [0.15, 0.2) is 0 Å². The average molecular weight is 506 g/mol. The SMILES string of the molecule is CN(C)c1ccc(C=NNC(=O)[C@@H](CSCc2ccccc2)NC(=O)c2ccc([N+](=O)[O-])cc2)cc1. The van der Waals surface area contributed by atoms with Gasteiger partial charge in [0.1, 0.15) is 6.04 Å². The van der Waals surface area contributed by atoms with E-state index < -0.39 is 22.8 Å². The van der Waals surface area contributed by atoms with Gasteiger partial charge in [-0.1, -0.05) is 42.5 Å². The largest absolute Gasteiger partial charge is 0.378 e. The van der Waals surface area contributed by atoms with Crippen LogP contribution in [0, 0.1) is 10.1 Å². The molecule has 1 atom stereocenters. The van der Waals surface area contributed by atoms with Crippen LogP contribution in [0.3, 0.4) is 0 Å². The van der Waals surface area contributed by atoms with E-state index in [0.29, 0.717) is 11.5 Å². The second-order valence-corrected chi connectivity index (χ2v) is 9.08. The summed E-state index contributed by atoms with van der Waals surface area (Å²) in [7, 11) is 3.90. The zero-order valence-corrected chi connectivity index (χ0v) is 20.8. The summed E-state index contributed by atoms with van der Waals surface area (Å²) in [5.74, 6) is 0.00652. The van der Waals surface area contributed by atoms with Crippen LogP contribution in [0.4, 0.5) is 11.4 Å². The highest BCUT2D eigenvalue weighted by Gasteiger charge is 2.22. The van der Waals surface area contributed by atoms with Gasteiger partial charge in [-0.15, -0.1) is 0 Å². The number of nitro groups is 1. The Morgan fingerprint density at radius 1 is 1.03 bits per heavy atom. The topological polar surface area (TPSA) is 117 Å². The van der Waals surface area contributed by atoms with Gasteiger partial charge in [0, 0.05) is 49.0 Å². The molecule has 0 spiro atoms. The van der Waals surface area contributed by atoms with E-state index in [9.17, 15) is 19.7 Å². The van der Waals surface area contributed by atoms with Crippen molar-refractivity contribution in [1.29, 1.82) is 0 Å². The van der Waals surface area contributed by atoms with Gasteiger partial charge >= 0.3 is 0 Å². The van der Waals surface area contributed by atoms with Crippen LogP contribution in [-0.4, -0.2) is 48.8 Å². The molecule has 10 heteroatoms. The van der Waals surface area contributed by atoms with Gasteiger partial charge in [-0.2, -0.15) is 16.9 Å². The maximum Gasteiger partial charge on any atom is 0.269 e. The summed E-state index contributed by atoms with van der Waals surface area (Å²) >= 11 is 1.50. The third kappa shape index (κ3) is 7.95. The van der Waals surface area contributed by atoms with E-state index in [0.717, 1.165) is 16.8 Å². The van der Waals surface area contributed by atoms with Crippen LogP contribution < -0.4 is 15.6 Å². The van der Waals surface area contributed by atoms with Crippen molar-refractivity contribution in [3.05, 3.63) is 106 Å². The predicted molar refractivity (Wildman–Crippen MR) is 143 cm³/mol. The van der Waals surface area contributed by atoms with Gasteiger partial charge < -0.3 is 10.2 Å².